The summed E-state index contributed by atoms with van der Waals surface area (Å²) >= 11 is 1.22. The Kier molecular flexibility index (Phi) is 4.41. The van der Waals surface area contributed by atoms with E-state index in [0.717, 1.165) is 17.0 Å². The fourth-order valence-electron chi connectivity index (χ4n) is 1.86. The molecule has 1 heterocycles. The second kappa shape index (κ2) is 6.05. The van der Waals surface area contributed by atoms with Crippen LogP contribution in [0.15, 0.2) is 18.2 Å². The molecule has 2 aromatic rings. The maximum atomic E-state index is 14.1. The lowest BCUT2D eigenvalue weighted by Gasteiger charge is -2.16. The van der Waals surface area contributed by atoms with Crippen LogP contribution in [0.1, 0.15) is 29.1 Å². The van der Waals surface area contributed by atoms with Crippen LogP contribution in [0.25, 0.3) is 0 Å². The van der Waals surface area contributed by atoms with Crippen molar-refractivity contribution in [3.05, 3.63) is 40.2 Å². The minimum atomic E-state index is -0.458. The number of nitrogens with two attached hydrogens (primary N) is 1. The van der Waals surface area contributed by atoms with Crippen LogP contribution in [0.2, 0.25) is 0 Å². The largest absolute Gasteiger partial charge is 0.497 e. The molecule has 102 valence electrons. The van der Waals surface area contributed by atoms with Crippen LogP contribution < -0.4 is 16.0 Å². The zero-order chi connectivity index (χ0) is 13.8. The average Bonchev–Trinajstić information content (AvgIpc) is 2.89. The Bertz CT molecular complexity index is 560. The lowest BCUT2D eigenvalue weighted by Crippen LogP contribution is -2.29. The number of benzene rings is 1. The summed E-state index contributed by atoms with van der Waals surface area (Å²) in [4.78, 5) is 0.828. The lowest BCUT2D eigenvalue weighted by atomic mass is 10.0. The van der Waals surface area contributed by atoms with E-state index in [-0.39, 0.29) is 5.82 Å². The molecule has 0 radical (unpaired) electrons. The van der Waals surface area contributed by atoms with Crippen LogP contribution in [-0.4, -0.2) is 16.7 Å². The number of ether oxygens (including phenoxy) is 1. The van der Waals surface area contributed by atoms with E-state index in [1.54, 1.807) is 12.1 Å². The standard InChI is InChI=1S/C12H15FN4OS/c1-3-10-12(19-17-16-10)11(15-14)8-5-4-7(18-2)6-9(8)13/h4-6,11,15H,3,14H2,1-2H3. The van der Waals surface area contributed by atoms with Gasteiger partial charge in [0, 0.05) is 11.6 Å². The van der Waals surface area contributed by atoms with Gasteiger partial charge in [0.05, 0.1) is 23.7 Å². The topological polar surface area (TPSA) is 73.1 Å². The highest BCUT2D eigenvalue weighted by molar-refractivity contribution is 7.05. The number of methoxy groups -OCH3 is 1. The molecule has 1 aromatic carbocycles. The third kappa shape index (κ3) is 2.73. The highest BCUT2D eigenvalue weighted by Crippen LogP contribution is 2.30. The average molecular weight is 282 g/mol. The van der Waals surface area contributed by atoms with Gasteiger partial charge in [-0.1, -0.05) is 17.5 Å². The van der Waals surface area contributed by atoms with Crippen molar-refractivity contribution < 1.29 is 9.13 Å². The molecule has 0 saturated heterocycles. The zero-order valence-corrected chi connectivity index (χ0v) is 11.5. The van der Waals surface area contributed by atoms with Gasteiger partial charge >= 0.3 is 0 Å². The molecule has 0 aliphatic rings. The van der Waals surface area contributed by atoms with E-state index in [1.165, 1.54) is 24.7 Å². The Morgan fingerprint density at radius 3 is 2.89 bits per heavy atom. The molecule has 1 atom stereocenters. The van der Waals surface area contributed by atoms with Gasteiger partial charge in [-0.2, -0.15) is 0 Å². The van der Waals surface area contributed by atoms with Gasteiger partial charge in [0.2, 0.25) is 0 Å². The number of hydrazine groups is 1. The number of nitrogens with zero attached hydrogens (tertiary/aromatic N) is 2. The first kappa shape index (κ1) is 13.9. The van der Waals surface area contributed by atoms with Crippen molar-refractivity contribution in [2.75, 3.05) is 7.11 Å². The summed E-state index contributed by atoms with van der Waals surface area (Å²) in [5.41, 5.74) is 3.89. The van der Waals surface area contributed by atoms with Crippen molar-refractivity contribution in [3.63, 3.8) is 0 Å². The fourth-order valence-corrected chi connectivity index (χ4v) is 2.67. The van der Waals surface area contributed by atoms with E-state index in [2.05, 4.69) is 15.0 Å². The van der Waals surface area contributed by atoms with Crippen LogP contribution in [0.4, 0.5) is 4.39 Å². The maximum absolute atomic E-state index is 14.1. The second-order valence-corrected chi connectivity index (χ2v) is 4.71. The van der Waals surface area contributed by atoms with E-state index in [1.807, 2.05) is 6.92 Å². The van der Waals surface area contributed by atoms with E-state index < -0.39 is 6.04 Å². The van der Waals surface area contributed by atoms with Gasteiger partial charge in [0.1, 0.15) is 11.6 Å². The van der Waals surface area contributed by atoms with Crippen molar-refractivity contribution >= 4 is 11.5 Å². The number of nitrogens with one attached hydrogen (secondary N) is 1. The van der Waals surface area contributed by atoms with Crippen LogP contribution in [-0.2, 0) is 6.42 Å². The van der Waals surface area contributed by atoms with E-state index in [0.29, 0.717) is 11.3 Å². The normalized spacial score (nSPS) is 12.4. The second-order valence-electron chi connectivity index (χ2n) is 3.92. The summed E-state index contributed by atoms with van der Waals surface area (Å²) in [5.74, 6) is 5.65. The number of hydrogen-bond donors (Lipinski definition) is 2. The molecule has 0 amide bonds. The monoisotopic (exact) mass is 282 g/mol. The smallest absolute Gasteiger partial charge is 0.132 e. The van der Waals surface area contributed by atoms with Gasteiger partial charge in [0.15, 0.2) is 0 Å². The van der Waals surface area contributed by atoms with Crippen LogP contribution in [0.3, 0.4) is 0 Å². The van der Waals surface area contributed by atoms with Crippen molar-refractivity contribution in [3.8, 4) is 5.75 Å². The molecule has 0 spiro atoms. The van der Waals surface area contributed by atoms with Gasteiger partial charge < -0.3 is 4.74 Å². The third-order valence-corrected chi connectivity index (χ3v) is 3.70. The van der Waals surface area contributed by atoms with E-state index in [9.17, 15) is 4.39 Å². The SMILES string of the molecule is CCc1nnsc1C(NN)c1ccc(OC)cc1F. The maximum Gasteiger partial charge on any atom is 0.132 e. The molecule has 0 saturated carbocycles. The summed E-state index contributed by atoms with van der Waals surface area (Å²) < 4.78 is 23.0. The number of aryl methyl sites for hydroxylation is 1. The Balaban J connectivity index is 2.42. The van der Waals surface area contributed by atoms with Crippen LogP contribution in [0, 0.1) is 5.82 Å². The number of halogens is 1. The summed E-state index contributed by atoms with van der Waals surface area (Å²) in [6.45, 7) is 1.97. The number of rotatable bonds is 5. The Morgan fingerprint density at radius 1 is 1.53 bits per heavy atom. The molecule has 2 rings (SSSR count). The predicted octanol–water partition coefficient (Wildman–Crippen LogP) is 1.80. The van der Waals surface area contributed by atoms with Gasteiger partial charge in [-0.25, -0.2) is 9.82 Å². The van der Waals surface area contributed by atoms with Crippen molar-refractivity contribution in [1.82, 2.24) is 15.0 Å². The molecule has 7 heteroatoms. The third-order valence-electron chi connectivity index (χ3n) is 2.87. The molecule has 5 nitrogen and oxygen atoms in total. The van der Waals surface area contributed by atoms with Crippen molar-refractivity contribution in [2.24, 2.45) is 5.84 Å². The minimum absolute atomic E-state index is 0.377. The highest BCUT2D eigenvalue weighted by Gasteiger charge is 2.22. The van der Waals surface area contributed by atoms with Gasteiger partial charge in [-0.05, 0) is 24.0 Å². The number of aromatic nitrogens is 2. The summed E-state index contributed by atoms with van der Waals surface area (Å²) in [6.07, 6.45) is 0.724. The Labute approximate surface area is 114 Å². The summed E-state index contributed by atoms with van der Waals surface area (Å²) in [7, 11) is 1.50. The van der Waals surface area contributed by atoms with Crippen LogP contribution in [0.5, 0.6) is 5.75 Å². The van der Waals surface area contributed by atoms with Crippen molar-refractivity contribution in [1.29, 1.82) is 0 Å². The molecule has 1 unspecified atom stereocenters. The molecule has 0 aliphatic carbocycles. The molecular formula is C12H15FN4OS. The first-order valence-electron chi connectivity index (χ1n) is 5.82. The van der Waals surface area contributed by atoms with E-state index >= 15 is 0 Å². The molecule has 0 bridgehead atoms. The highest BCUT2D eigenvalue weighted by atomic mass is 32.1. The molecule has 19 heavy (non-hydrogen) atoms. The molecule has 1 aromatic heterocycles. The van der Waals surface area contributed by atoms with Gasteiger partial charge in [-0.15, -0.1) is 5.10 Å². The quantitative estimate of drug-likeness (QED) is 0.646. The molecule has 0 aliphatic heterocycles. The van der Waals surface area contributed by atoms with Crippen LogP contribution >= 0.6 is 11.5 Å². The summed E-state index contributed by atoms with van der Waals surface area (Å²) in [5, 5.41) is 4.02. The van der Waals surface area contributed by atoms with E-state index in [4.69, 9.17) is 10.6 Å². The molecule has 3 N–H and O–H groups in total. The summed E-state index contributed by atoms with van der Waals surface area (Å²) in [6, 6.07) is 4.22. The first-order valence-corrected chi connectivity index (χ1v) is 6.59. The lowest BCUT2D eigenvalue weighted by molar-refractivity contribution is 0.410. The van der Waals surface area contributed by atoms with Gasteiger partial charge in [0.25, 0.3) is 0 Å². The van der Waals surface area contributed by atoms with Gasteiger partial charge in [-0.3, -0.25) is 5.84 Å². The Hall–Kier alpha value is -1.57. The zero-order valence-electron chi connectivity index (χ0n) is 10.7. The first-order chi connectivity index (χ1) is 9.21. The fraction of sp³-hybridized carbons (Fsp3) is 0.333. The predicted molar refractivity (Wildman–Crippen MR) is 71.4 cm³/mol. The minimum Gasteiger partial charge on any atom is -0.497 e. The molecule has 0 fully saturated rings. The van der Waals surface area contributed by atoms with Crippen molar-refractivity contribution in [2.45, 2.75) is 19.4 Å². The Morgan fingerprint density at radius 2 is 2.32 bits per heavy atom. The molecular weight excluding hydrogens is 267 g/mol. The number of hydrogen-bond acceptors (Lipinski definition) is 6.